The van der Waals surface area contributed by atoms with Crippen molar-refractivity contribution in [2.24, 2.45) is 0 Å². The average Bonchev–Trinajstić information content (AvgIpc) is 3.15. The van der Waals surface area contributed by atoms with Gasteiger partial charge in [0.1, 0.15) is 11.5 Å². The van der Waals surface area contributed by atoms with E-state index in [0.717, 1.165) is 28.2 Å². The van der Waals surface area contributed by atoms with E-state index in [9.17, 15) is 9.59 Å². The van der Waals surface area contributed by atoms with E-state index in [1.165, 1.54) is 0 Å². The number of aryl methyl sites for hydroxylation is 1. The number of carbonyl (C=O) groups excluding carboxylic acids is 2. The highest BCUT2D eigenvalue weighted by molar-refractivity contribution is 6.17. The second-order valence-electron chi connectivity index (χ2n) is 11.6. The van der Waals surface area contributed by atoms with E-state index in [4.69, 9.17) is 19.4 Å². The molecule has 2 amide bonds. The summed E-state index contributed by atoms with van der Waals surface area (Å²) >= 11 is 0. The number of para-hydroxylation sites is 2. The Bertz CT molecular complexity index is 2350. The molecule has 2 N–H and O–H groups in total. The number of rotatable bonds is 8. The van der Waals surface area contributed by atoms with E-state index in [1.807, 2.05) is 116 Å². The van der Waals surface area contributed by atoms with Crippen LogP contribution in [-0.4, -0.2) is 36.0 Å². The monoisotopic (exact) mass is 644 g/mol. The Kier molecular flexibility index (Phi) is 8.43. The van der Waals surface area contributed by atoms with Crippen LogP contribution in [0.15, 0.2) is 127 Å². The fourth-order valence-corrected chi connectivity index (χ4v) is 5.80. The fourth-order valence-electron chi connectivity index (χ4n) is 5.80. The summed E-state index contributed by atoms with van der Waals surface area (Å²) in [5.41, 5.74) is 7.16. The van der Waals surface area contributed by atoms with Crippen LogP contribution in [0.4, 0.5) is 11.4 Å². The number of benzene rings is 5. The molecule has 0 spiro atoms. The molecule has 0 atom stereocenters. The normalized spacial score (nSPS) is 10.9. The SMILES string of the molecule is COc1ccc(-c2cc(C(=O)Nc3ccc(C)cc3NC(=O)c3cc(-c4ccc(OC)cc4)nc4ccccc34)c3ccccc3n2)cc1. The van der Waals surface area contributed by atoms with Crippen LogP contribution >= 0.6 is 0 Å². The number of nitrogens with one attached hydrogen (secondary N) is 2. The van der Waals surface area contributed by atoms with Gasteiger partial charge in [-0.15, -0.1) is 0 Å². The molecule has 2 heterocycles. The van der Waals surface area contributed by atoms with Crippen LogP contribution in [0.5, 0.6) is 11.5 Å². The zero-order chi connectivity index (χ0) is 33.9. The molecule has 7 rings (SSSR count). The van der Waals surface area contributed by atoms with Crippen LogP contribution < -0.4 is 20.1 Å². The van der Waals surface area contributed by atoms with Crippen molar-refractivity contribution >= 4 is 45.0 Å². The van der Waals surface area contributed by atoms with E-state index >= 15 is 0 Å². The van der Waals surface area contributed by atoms with Gasteiger partial charge in [0.15, 0.2) is 0 Å². The molecule has 5 aromatic carbocycles. The van der Waals surface area contributed by atoms with Crippen LogP contribution in [0.3, 0.4) is 0 Å². The van der Waals surface area contributed by atoms with Gasteiger partial charge in [-0.05, 0) is 97.4 Å². The Morgan fingerprint density at radius 2 is 0.980 bits per heavy atom. The molecular formula is C41H32N4O4. The van der Waals surface area contributed by atoms with E-state index in [-0.39, 0.29) is 11.8 Å². The number of carbonyl (C=O) groups is 2. The molecule has 0 aliphatic rings. The van der Waals surface area contributed by atoms with Gasteiger partial charge in [-0.2, -0.15) is 0 Å². The molecular weight excluding hydrogens is 612 g/mol. The van der Waals surface area contributed by atoms with Gasteiger partial charge in [-0.25, -0.2) is 9.97 Å². The largest absolute Gasteiger partial charge is 0.497 e. The number of ether oxygens (including phenoxy) is 2. The van der Waals surface area contributed by atoms with E-state index in [0.29, 0.717) is 55.7 Å². The first kappa shape index (κ1) is 31.1. The number of fused-ring (bicyclic) bond motifs is 2. The van der Waals surface area contributed by atoms with Crippen molar-refractivity contribution in [3.63, 3.8) is 0 Å². The van der Waals surface area contributed by atoms with Crippen molar-refractivity contribution in [3.8, 4) is 34.0 Å². The zero-order valence-corrected chi connectivity index (χ0v) is 27.2. The minimum Gasteiger partial charge on any atom is -0.497 e. The van der Waals surface area contributed by atoms with Gasteiger partial charge in [0.25, 0.3) is 11.8 Å². The summed E-state index contributed by atoms with van der Waals surface area (Å²) in [5.74, 6) is 0.802. The smallest absolute Gasteiger partial charge is 0.256 e. The third-order valence-electron chi connectivity index (χ3n) is 8.36. The molecule has 0 radical (unpaired) electrons. The third kappa shape index (κ3) is 6.40. The second kappa shape index (κ2) is 13.3. The molecule has 8 heteroatoms. The lowest BCUT2D eigenvalue weighted by Crippen LogP contribution is -2.18. The number of nitrogens with zero attached hydrogens (tertiary/aromatic N) is 2. The molecule has 0 fully saturated rings. The van der Waals surface area contributed by atoms with Crippen molar-refractivity contribution in [2.45, 2.75) is 6.92 Å². The van der Waals surface area contributed by atoms with Crippen molar-refractivity contribution in [1.29, 1.82) is 0 Å². The average molecular weight is 645 g/mol. The topological polar surface area (TPSA) is 102 Å². The number of aromatic nitrogens is 2. The molecule has 7 aromatic rings. The van der Waals surface area contributed by atoms with E-state index in [1.54, 1.807) is 32.4 Å². The molecule has 2 aromatic heterocycles. The molecule has 240 valence electrons. The van der Waals surface area contributed by atoms with Crippen LogP contribution in [0.2, 0.25) is 0 Å². The van der Waals surface area contributed by atoms with Gasteiger partial charge in [0, 0.05) is 21.9 Å². The number of hydrogen-bond acceptors (Lipinski definition) is 6. The summed E-state index contributed by atoms with van der Waals surface area (Å²) in [4.78, 5) is 37.8. The Morgan fingerprint density at radius 3 is 1.45 bits per heavy atom. The minimum absolute atomic E-state index is 0.328. The molecule has 0 unspecified atom stereocenters. The van der Waals surface area contributed by atoms with Crippen molar-refractivity contribution < 1.29 is 19.1 Å². The van der Waals surface area contributed by atoms with Gasteiger partial charge >= 0.3 is 0 Å². The molecule has 0 aliphatic carbocycles. The number of pyridine rings is 2. The molecule has 49 heavy (non-hydrogen) atoms. The number of hydrogen-bond donors (Lipinski definition) is 2. The Balaban J connectivity index is 1.23. The Morgan fingerprint density at radius 1 is 0.531 bits per heavy atom. The maximum Gasteiger partial charge on any atom is 0.256 e. The predicted molar refractivity (Wildman–Crippen MR) is 195 cm³/mol. The lowest BCUT2D eigenvalue weighted by molar-refractivity contribution is 0.101. The number of anilines is 2. The van der Waals surface area contributed by atoms with Gasteiger partial charge < -0.3 is 20.1 Å². The van der Waals surface area contributed by atoms with Gasteiger partial charge in [-0.3, -0.25) is 9.59 Å². The highest BCUT2D eigenvalue weighted by Crippen LogP contribution is 2.31. The third-order valence-corrected chi connectivity index (χ3v) is 8.36. The summed E-state index contributed by atoms with van der Waals surface area (Å²) < 4.78 is 10.6. The quantitative estimate of drug-likeness (QED) is 0.171. The molecule has 0 bridgehead atoms. The highest BCUT2D eigenvalue weighted by atomic mass is 16.5. The summed E-state index contributed by atoms with van der Waals surface area (Å²) in [6.45, 7) is 1.93. The Labute approximate surface area is 283 Å². The fraction of sp³-hybridized carbons (Fsp3) is 0.0732. The molecule has 0 saturated carbocycles. The number of methoxy groups -OCH3 is 2. The first-order chi connectivity index (χ1) is 23.9. The standard InChI is InChI=1S/C41H32N4O4/c1-25-12-21-36(44-40(46)32-23-37(26-13-17-28(48-2)18-14-26)42-34-10-6-4-8-30(32)34)39(22-25)45-41(47)33-24-38(27-15-19-29(49-3)20-16-27)43-35-11-7-5-9-31(33)35/h4-24H,1-3H3,(H,44,46)(H,45,47). The van der Waals surface area contributed by atoms with Crippen molar-refractivity contribution in [2.75, 3.05) is 24.9 Å². The first-order valence-corrected chi connectivity index (χ1v) is 15.7. The Hall–Kier alpha value is -6.54. The van der Waals surface area contributed by atoms with Crippen molar-refractivity contribution in [1.82, 2.24) is 9.97 Å². The minimum atomic E-state index is -0.330. The molecule has 0 aliphatic heterocycles. The predicted octanol–water partition coefficient (Wildman–Crippen LogP) is 8.95. The highest BCUT2D eigenvalue weighted by Gasteiger charge is 2.19. The summed E-state index contributed by atoms with van der Waals surface area (Å²) in [6, 6.07) is 39.3. The molecule has 0 saturated heterocycles. The van der Waals surface area contributed by atoms with Gasteiger partial charge in [0.2, 0.25) is 0 Å². The van der Waals surface area contributed by atoms with Crippen molar-refractivity contribution in [3.05, 3.63) is 144 Å². The van der Waals surface area contributed by atoms with Crippen LogP contribution in [-0.2, 0) is 0 Å². The molecule has 8 nitrogen and oxygen atoms in total. The first-order valence-electron chi connectivity index (χ1n) is 15.7. The zero-order valence-electron chi connectivity index (χ0n) is 27.2. The number of amides is 2. The summed E-state index contributed by atoms with van der Waals surface area (Å²) in [5, 5.41) is 7.56. The maximum atomic E-state index is 14.1. The van der Waals surface area contributed by atoms with Crippen LogP contribution in [0.1, 0.15) is 26.3 Å². The summed E-state index contributed by atoms with van der Waals surface area (Å²) in [6.07, 6.45) is 0. The summed E-state index contributed by atoms with van der Waals surface area (Å²) in [7, 11) is 3.24. The second-order valence-corrected chi connectivity index (χ2v) is 11.6. The van der Waals surface area contributed by atoms with E-state index in [2.05, 4.69) is 10.6 Å². The van der Waals surface area contributed by atoms with Crippen LogP contribution in [0.25, 0.3) is 44.3 Å². The van der Waals surface area contributed by atoms with Crippen LogP contribution in [0, 0.1) is 6.92 Å². The van der Waals surface area contributed by atoms with Gasteiger partial charge in [0.05, 0.1) is 59.1 Å². The maximum absolute atomic E-state index is 14.1. The van der Waals surface area contributed by atoms with E-state index < -0.39 is 0 Å². The van der Waals surface area contributed by atoms with Gasteiger partial charge in [-0.1, -0.05) is 42.5 Å². The lowest BCUT2D eigenvalue weighted by Gasteiger charge is -2.16. The lowest BCUT2D eigenvalue weighted by atomic mass is 10.0.